The second kappa shape index (κ2) is 7.25. The molecular formula is C13H18N4S2. The Bertz CT molecular complexity index is 516. The van der Waals surface area contributed by atoms with E-state index < -0.39 is 0 Å². The lowest BCUT2D eigenvalue weighted by Crippen LogP contribution is -2.37. The molecular weight excluding hydrogens is 276 g/mol. The van der Waals surface area contributed by atoms with Gasteiger partial charge in [0.1, 0.15) is 0 Å². The van der Waals surface area contributed by atoms with Crippen LogP contribution in [0.1, 0.15) is 15.6 Å². The van der Waals surface area contributed by atoms with Crippen LogP contribution in [0.25, 0.3) is 0 Å². The minimum atomic E-state index is 0.813. The molecule has 2 aromatic rings. The van der Waals surface area contributed by atoms with E-state index in [2.05, 4.69) is 43.5 Å². The Kier molecular flexibility index (Phi) is 5.35. The van der Waals surface area contributed by atoms with Gasteiger partial charge < -0.3 is 10.6 Å². The van der Waals surface area contributed by atoms with E-state index in [1.54, 1.807) is 29.7 Å². The molecule has 0 aliphatic rings. The molecule has 0 aromatic carbocycles. The lowest BCUT2D eigenvalue weighted by Gasteiger charge is -2.10. The molecule has 0 aliphatic carbocycles. The third-order valence-corrected chi connectivity index (χ3v) is 4.27. The summed E-state index contributed by atoms with van der Waals surface area (Å²) in [5.74, 6) is 0.834. The van der Waals surface area contributed by atoms with Crippen molar-refractivity contribution in [3.8, 4) is 0 Å². The molecule has 2 aromatic heterocycles. The van der Waals surface area contributed by atoms with Crippen LogP contribution in [0.3, 0.4) is 0 Å². The topological polar surface area (TPSA) is 49.3 Å². The summed E-state index contributed by atoms with van der Waals surface area (Å²) in [5.41, 5.74) is 1.14. The maximum Gasteiger partial charge on any atom is 0.191 e. The minimum Gasteiger partial charge on any atom is -0.356 e. The number of aliphatic imine (C=N–C) groups is 1. The smallest absolute Gasteiger partial charge is 0.191 e. The summed E-state index contributed by atoms with van der Waals surface area (Å²) >= 11 is 3.44. The first-order chi connectivity index (χ1) is 9.28. The summed E-state index contributed by atoms with van der Waals surface area (Å²) in [4.78, 5) is 9.95. The van der Waals surface area contributed by atoms with Crippen LogP contribution in [-0.2, 0) is 13.0 Å². The van der Waals surface area contributed by atoms with Crippen LogP contribution < -0.4 is 10.6 Å². The predicted molar refractivity (Wildman–Crippen MR) is 83.1 cm³/mol. The van der Waals surface area contributed by atoms with Crippen molar-refractivity contribution in [3.63, 3.8) is 0 Å². The zero-order chi connectivity index (χ0) is 13.5. The highest BCUT2D eigenvalue weighted by Gasteiger charge is 2.01. The second-order valence-corrected chi connectivity index (χ2v) is 6.13. The van der Waals surface area contributed by atoms with Crippen molar-refractivity contribution in [1.82, 2.24) is 15.6 Å². The molecule has 0 saturated heterocycles. The van der Waals surface area contributed by atoms with Gasteiger partial charge in [0.25, 0.3) is 0 Å². The fourth-order valence-electron chi connectivity index (χ4n) is 1.64. The van der Waals surface area contributed by atoms with E-state index in [9.17, 15) is 0 Å². The monoisotopic (exact) mass is 294 g/mol. The van der Waals surface area contributed by atoms with Crippen molar-refractivity contribution in [1.29, 1.82) is 0 Å². The van der Waals surface area contributed by atoms with E-state index in [1.807, 2.05) is 6.92 Å². The molecule has 4 nitrogen and oxygen atoms in total. The van der Waals surface area contributed by atoms with Crippen LogP contribution in [0.2, 0.25) is 0 Å². The number of hydrogen-bond donors (Lipinski definition) is 2. The van der Waals surface area contributed by atoms with Gasteiger partial charge in [-0.15, -0.1) is 22.7 Å². The molecule has 2 N–H and O–H groups in total. The summed E-state index contributed by atoms with van der Waals surface area (Å²) in [6.07, 6.45) is 0.921. The molecule has 0 unspecified atom stereocenters. The van der Waals surface area contributed by atoms with E-state index in [1.165, 1.54) is 4.88 Å². The van der Waals surface area contributed by atoms with Gasteiger partial charge in [0, 0.05) is 30.3 Å². The molecule has 0 bridgehead atoms. The fraction of sp³-hybridized carbons (Fsp3) is 0.385. The molecule has 0 amide bonds. The zero-order valence-electron chi connectivity index (χ0n) is 11.1. The normalized spacial score (nSPS) is 11.6. The van der Waals surface area contributed by atoms with Crippen molar-refractivity contribution in [2.45, 2.75) is 19.9 Å². The number of thiophene rings is 1. The number of rotatable bonds is 5. The van der Waals surface area contributed by atoms with Crippen LogP contribution in [0, 0.1) is 6.92 Å². The highest BCUT2D eigenvalue weighted by atomic mass is 32.1. The Balaban J connectivity index is 1.71. The summed E-state index contributed by atoms with van der Waals surface area (Å²) in [7, 11) is 1.79. The molecule has 19 heavy (non-hydrogen) atoms. The number of thiazole rings is 1. The Morgan fingerprint density at radius 3 is 2.89 bits per heavy atom. The van der Waals surface area contributed by atoms with Gasteiger partial charge in [0.2, 0.25) is 0 Å². The van der Waals surface area contributed by atoms with Gasteiger partial charge in [-0.1, -0.05) is 6.07 Å². The fourth-order valence-corrected chi connectivity index (χ4v) is 2.93. The molecule has 0 aliphatic heterocycles. The molecule has 0 atom stereocenters. The van der Waals surface area contributed by atoms with Crippen molar-refractivity contribution in [3.05, 3.63) is 38.5 Å². The van der Waals surface area contributed by atoms with E-state index in [0.717, 1.165) is 36.2 Å². The Morgan fingerprint density at radius 1 is 1.37 bits per heavy atom. The van der Waals surface area contributed by atoms with Crippen LogP contribution in [0.5, 0.6) is 0 Å². The van der Waals surface area contributed by atoms with Gasteiger partial charge >= 0.3 is 0 Å². The average Bonchev–Trinajstić information content (AvgIpc) is 3.05. The van der Waals surface area contributed by atoms with Gasteiger partial charge in [-0.05, 0) is 18.4 Å². The maximum atomic E-state index is 4.44. The Hall–Kier alpha value is -1.40. The number of nitrogens with one attached hydrogen (secondary N) is 2. The lowest BCUT2D eigenvalue weighted by atomic mass is 10.3. The molecule has 0 radical (unpaired) electrons. The van der Waals surface area contributed by atoms with Gasteiger partial charge in [-0.25, -0.2) is 4.98 Å². The first-order valence-electron chi connectivity index (χ1n) is 6.16. The summed E-state index contributed by atoms with van der Waals surface area (Å²) in [6, 6.07) is 4.17. The van der Waals surface area contributed by atoms with Crippen LogP contribution >= 0.6 is 22.7 Å². The standard InChI is InChI=1S/C13H18N4S2/c1-10-17-11(9-19-10)5-6-15-13(14-2)16-8-12-4-3-7-18-12/h3-4,7,9H,5-6,8H2,1-2H3,(H2,14,15,16). The third-order valence-electron chi connectivity index (χ3n) is 2.57. The Morgan fingerprint density at radius 2 is 2.26 bits per heavy atom. The number of nitrogens with zero attached hydrogens (tertiary/aromatic N) is 2. The number of hydrogen-bond acceptors (Lipinski definition) is 4. The van der Waals surface area contributed by atoms with Gasteiger partial charge in [-0.2, -0.15) is 0 Å². The minimum absolute atomic E-state index is 0.813. The first kappa shape index (κ1) is 14.0. The third kappa shape index (κ3) is 4.65. The molecule has 2 rings (SSSR count). The second-order valence-electron chi connectivity index (χ2n) is 4.04. The highest BCUT2D eigenvalue weighted by molar-refractivity contribution is 7.10. The average molecular weight is 294 g/mol. The van der Waals surface area contributed by atoms with Crippen LogP contribution in [-0.4, -0.2) is 24.5 Å². The lowest BCUT2D eigenvalue weighted by molar-refractivity contribution is 0.790. The maximum absolute atomic E-state index is 4.44. The van der Waals surface area contributed by atoms with Gasteiger partial charge in [-0.3, -0.25) is 4.99 Å². The SMILES string of the molecule is CN=C(NCCc1csc(C)n1)NCc1cccs1. The Labute approximate surface area is 121 Å². The highest BCUT2D eigenvalue weighted by Crippen LogP contribution is 2.08. The number of aromatic nitrogens is 1. The van der Waals surface area contributed by atoms with Crippen molar-refractivity contribution >= 4 is 28.6 Å². The van der Waals surface area contributed by atoms with Crippen molar-refractivity contribution in [2.75, 3.05) is 13.6 Å². The van der Waals surface area contributed by atoms with Crippen LogP contribution in [0.4, 0.5) is 0 Å². The number of aryl methyl sites for hydroxylation is 1. The van der Waals surface area contributed by atoms with Crippen LogP contribution in [0.15, 0.2) is 27.9 Å². The number of guanidine groups is 1. The van der Waals surface area contributed by atoms with Crippen molar-refractivity contribution < 1.29 is 0 Å². The largest absolute Gasteiger partial charge is 0.356 e. The summed E-state index contributed by atoms with van der Waals surface area (Å²) in [5, 5.41) is 11.9. The van der Waals surface area contributed by atoms with E-state index >= 15 is 0 Å². The summed E-state index contributed by atoms with van der Waals surface area (Å²) in [6.45, 7) is 3.68. The molecule has 0 fully saturated rings. The van der Waals surface area contributed by atoms with E-state index in [4.69, 9.17) is 0 Å². The molecule has 0 saturated carbocycles. The first-order valence-corrected chi connectivity index (χ1v) is 7.92. The van der Waals surface area contributed by atoms with E-state index in [0.29, 0.717) is 0 Å². The molecule has 6 heteroatoms. The predicted octanol–water partition coefficient (Wildman–Crippen LogP) is 2.42. The van der Waals surface area contributed by atoms with E-state index in [-0.39, 0.29) is 0 Å². The van der Waals surface area contributed by atoms with Crippen molar-refractivity contribution in [2.24, 2.45) is 4.99 Å². The zero-order valence-corrected chi connectivity index (χ0v) is 12.8. The van der Waals surface area contributed by atoms with Gasteiger partial charge in [0.05, 0.1) is 17.2 Å². The van der Waals surface area contributed by atoms with Gasteiger partial charge in [0.15, 0.2) is 5.96 Å². The summed E-state index contributed by atoms with van der Waals surface area (Å²) < 4.78 is 0. The quantitative estimate of drug-likeness (QED) is 0.658. The molecule has 0 spiro atoms. The molecule has 2 heterocycles. The molecule has 102 valence electrons.